The van der Waals surface area contributed by atoms with Crippen molar-refractivity contribution < 1.29 is 37.1 Å². The van der Waals surface area contributed by atoms with Crippen molar-refractivity contribution in [3.8, 4) is 0 Å². The number of nitrogens with zero attached hydrogens (tertiary/aromatic N) is 3. The Balaban J connectivity index is 1.74. The molecule has 250 valence electrons. The molecule has 4 rings (SSSR count). The van der Waals surface area contributed by atoms with Gasteiger partial charge in [0.05, 0.1) is 27.6 Å². The summed E-state index contributed by atoms with van der Waals surface area (Å²) >= 11 is 1.16. The standard InChI is InChI=1S/C32H45F3N4O5S/c1-7-26(40)36-14-16-38-24-17-22(23(32(33,34)35)18-25(24)45-31(28(38)42)12-8-9-13-31)27(41)39(20(2)3)21-11-10-15-37(19-21)29(43)44-30(4,5)6/h17-18,20-21H,7-16,19H2,1-6H3,(H,36,40)/t21-/m1/s1. The molecular weight excluding hydrogens is 609 g/mol. The van der Waals surface area contributed by atoms with Gasteiger partial charge in [0.1, 0.15) is 5.60 Å². The number of likely N-dealkylation sites (tertiary alicyclic amines) is 1. The number of nitrogens with one attached hydrogen (secondary N) is 1. The second-order valence-corrected chi connectivity index (χ2v) is 14.8. The lowest BCUT2D eigenvalue weighted by molar-refractivity contribution is -0.138. The van der Waals surface area contributed by atoms with Crippen LogP contribution in [0.2, 0.25) is 0 Å². The smallest absolute Gasteiger partial charge is 0.417 e. The normalized spacial score (nSPS) is 20.0. The van der Waals surface area contributed by atoms with Crippen LogP contribution in [0, 0.1) is 0 Å². The molecular formula is C32H45F3N4O5S. The van der Waals surface area contributed by atoms with Crippen molar-refractivity contribution in [2.75, 3.05) is 31.1 Å². The average Bonchev–Trinajstić information content (AvgIpc) is 3.42. The third-order valence-electron chi connectivity index (χ3n) is 8.49. The topological polar surface area (TPSA) is 99.3 Å². The molecule has 0 bridgehead atoms. The number of ether oxygens (including phenoxy) is 1. The summed E-state index contributed by atoms with van der Waals surface area (Å²) in [6.07, 6.45) is -1.35. The SMILES string of the molecule is CCC(=O)NCCN1C(=O)C2(CCCC2)Sc2cc(C(F)(F)F)c(C(=O)N(C(C)C)[C@@H]3CCCN(C(=O)OC(C)(C)C)C3)cc21. The number of hydrogen-bond acceptors (Lipinski definition) is 6. The maximum absolute atomic E-state index is 14.7. The molecule has 1 N–H and O–H groups in total. The molecule has 1 saturated carbocycles. The van der Waals surface area contributed by atoms with Crippen molar-refractivity contribution in [1.29, 1.82) is 0 Å². The van der Waals surface area contributed by atoms with Crippen LogP contribution in [0.5, 0.6) is 0 Å². The number of benzene rings is 1. The van der Waals surface area contributed by atoms with Crippen LogP contribution < -0.4 is 10.2 Å². The Hall–Kier alpha value is -2.96. The van der Waals surface area contributed by atoms with Crippen molar-refractivity contribution >= 4 is 41.3 Å². The van der Waals surface area contributed by atoms with Crippen molar-refractivity contribution in [1.82, 2.24) is 15.1 Å². The zero-order chi connectivity index (χ0) is 33.3. The summed E-state index contributed by atoms with van der Waals surface area (Å²) in [7, 11) is 0. The Kier molecular flexibility index (Phi) is 10.4. The molecule has 1 aliphatic carbocycles. The van der Waals surface area contributed by atoms with Gasteiger partial charge >= 0.3 is 12.3 Å². The predicted octanol–water partition coefficient (Wildman–Crippen LogP) is 6.23. The number of rotatable bonds is 7. The molecule has 1 aromatic carbocycles. The number of halogens is 3. The zero-order valence-corrected chi connectivity index (χ0v) is 27.8. The molecule has 0 radical (unpaired) electrons. The Bertz CT molecular complexity index is 1310. The lowest BCUT2D eigenvalue weighted by Gasteiger charge is -2.43. The molecule has 0 unspecified atom stereocenters. The van der Waals surface area contributed by atoms with E-state index in [-0.39, 0.29) is 43.6 Å². The fraction of sp³-hybridized carbons (Fsp3) is 0.688. The summed E-state index contributed by atoms with van der Waals surface area (Å²) in [6.45, 7) is 11.2. The minimum Gasteiger partial charge on any atom is -0.444 e. The van der Waals surface area contributed by atoms with E-state index in [9.17, 15) is 32.3 Å². The number of piperidine rings is 1. The van der Waals surface area contributed by atoms with Crippen LogP contribution in [0.3, 0.4) is 0 Å². The van der Waals surface area contributed by atoms with Gasteiger partial charge < -0.3 is 24.8 Å². The van der Waals surface area contributed by atoms with Crippen LogP contribution in [0.1, 0.15) is 102 Å². The number of fused-ring (bicyclic) bond motifs is 1. The highest BCUT2D eigenvalue weighted by atomic mass is 32.2. The second-order valence-electron chi connectivity index (χ2n) is 13.4. The molecule has 0 aromatic heterocycles. The lowest BCUT2D eigenvalue weighted by Crippen LogP contribution is -2.55. The molecule has 1 aromatic rings. The summed E-state index contributed by atoms with van der Waals surface area (Å²) in [4.78, 5) is 57.6. The van der Waals surface area contributed by atoms with Gasteiger partial charge in [0, 0.05) is 43.5 Å². The van der Waals surface area contributed by atoms with Crippen LogP contribution in [0.15, 0.2) is 17.0 Å². The van der Waals surface area contributed by atoms with Crippen LogP contribution in [0.25, 0.3) is 0 Å². The monoisotopic (exact) mass is 654 g/mol. The number of carbonyl (C=O) groups is 4. The van der Waals surface area contributed by atoms with Crippen molar-refractivity contribution in [2.24, 2.45) is 0 Å². The van der Waals surface area contributed by atoms with E-state index in [4.69, 9.17) is 4.74 Å². The number of alkyl halides is 3. The zero-order valence-electron chi connectivity index (χ0n) is 27.0. The van der Waals surface area contributed by atoms with E-state index in [1.165, 1.54) is 20.8 Å². The first-order valence-corrected chi connectivity index (χ1v) is 16.6. The van der Waals surface area contributed by atoms with Gasteiger partial charge in [0.2, 0.25) is 11.8 Å². The molecule has 4 amide bonds. The minimum absolute atomic E-state index is 0.0697. The molecule has 1 atom stereocenters. The van der Waals surface area contributed by atoms with Gasteiger partial charge in [-0.3, -0.25) is 14.4 Å². The summed E-state index contributed by atoms with van der Waals surface area (Å²) < 4.78 is 48.8. The highest BCUT2D eigenvalue weighted by Gasteiger charge is 2.50. The minimum atomic E-state index is -4.83. The molecule has 2 heterocycles. The molecule has 2 aliphatic heterocycles. The molecule has 45 heavy (non-hydrogen) atoms. The first-order valence-electron chi connectivity index (χ1n) is 15.8. The summed E-state index contributed by atoms with van der Waals surface area (Å²) in [5.41, 5.74) is -2.07. The van der Waals surface area contributed by atoms with E-state index in [0.717, 1.165) is 30.7 Å². The average molecular weight is 655 g/mol. The van der Waals surface area contributed by atoms with Gasteiger partial charge in [0.15, 0.2) is 0 Å². The van der Waals surface area contributed by atoms with E-state index in [0.29, 0.717) is 37.1 Å². The van der Waals surface area contributed by atoms with Gasteiger partial charge in [-0.25, -0.2) is 4.79 Å². The summed E-state index contributed by atoms with van der Waals surface area (Å²) in [5.74, 6) is -1.22. The van der Waals surface area contributed by atoms with Crippen molar-refractivity contribution in [3.05, 3.63) is 23.3 Å². The van der Waals surface area contributed by atoms with E-state index in [1.807, 2.05) is 0 Å². The van der Waals surface area contributed by atoms with Crippen molar-refractivity contribution in [2.45, 2.75) is 120 Å². The van der Waals surface area contributed by atoms with Gasteiger partial charge in [-0.1, -0.05) is 19.8 Å². The Morgan fingerprint density at radius 1 is 1.13 bits per heavy atom. The van der Waals surface area contributed by atoms with Crippen LogP contribution in [0.4, 0.5) is 23.7 Å². The number of thioether (sulfide) groups is 1. The number of hydrogen-bond donors (Lipinski definition) is 1. The maximum Gasteiger partial charge on any atom is 0.417 e. The first-order chi connectivity index (χ1) is 21.0. The van der Waals surface area contributed by atoms with E-state index in [1.54, 1.807) is 41.5 Å². The Labute approximate surface area is 267 Å². The molecule has 13 heteroatoms. The third-order valence-corrected chi connectivity index (χ3v) is 10.0. The molecule has 1 spiro atoms. The van der Waals surface area contributed by atoms with Crippen LogP contribution >= 0.6 is 11.8 Å². The number of anilines is 1. The Morgan fingerprint density at radius 2 is 1.80 bits per heavy atom. The van der Waals surface area contributed by atoms with E-state index in [2.05, 4.69) is 5.32 Å². The largest absolute Gasteiger partial charge is 0.444 e. The van der Waals surface area contributed by atoms with E-state index >= 15 is 0 Å². The van der Waals surface area contributed by atoms with Gasteiger partial charge in [-0.2, -0.15) is 13.2 Å². The second kappa shape index (κ2) is 13.4. The van der Waals surface area contributed by atoms with Crippen LogP contribution in [-0.2, 0) is 20.5 Å². The van der Waals surface area contributed by atoms with Crippen LogP contribution in [-0.4, -0.2) is 82.2 Å². The maximum atomic E-state index is 14.7. The number of amides is 4. The molecule has 1 saturated heterocycles. The highest BCUT2D eigenvalue weighted by molar-refractivity contribution is 8.01. The Morgan fingerprint density at radius 3 is 2.38 bits per heavy atom. The van der Waals surface area contributed by atoms with Crippen molar-refractivity contribution in [3.63, 3.8) is 0 Å². The fourth-order valence-electron chi connectivity index (χ4n) is 6.43. The number of carbonyl (C=O) groups excluding carboxylic acids is 4. The molecule has 3 aliphatic rings. The molecule has 2 fully saturated rings. The predicted molar refractivity (Wildman–Crippen MR) is 166 cm³/mol. The highest BCUT2D eigenvalue weighted by Crippen LogP contribution is 2.54. The first kappa shape index (κ1) is 34.9. The summed E-state index contributed by atoms with van der Waals surface area (Å²) in [6, 6.07) is 1.22. The van der Waals surface area contributed by atoms with Gasteiger partial charge in [0.25, 0.3) is 5.91 Å². The lowest BCUT2D eigenvalue weighted by atomic mass is 9.97. The van der Waals surface area contributed by atoms with Gasteiger partial charge in [-0.05, 0) is 72.4 Å². The van der Waals surface area contributed by atoms with Gasteiger partial charge in [-0.15, -0.1) is 11.8 Å². The molecule has 9 nitrogen and oxygen atoms in total. The third kappa shape index (κ3) is 7.72. The van der Waals surface area contributed by atoms with E-state index < -0.39 is 51.7 Å². The quantitative estimate of drug-likeness (QED) is 0.374. The summed E-state index contributed by atoms with van der Waals surface area (Å²) in [5, 5.41) is 2.75. The fourth-order valence-corrected chi connectivity index (χ4v) is 8.00.